The summed E-state index contributed by atoms with van der Waals surface area (Å²) in [7, 11) is 0. The number of hydrogen-bond donors (Lipinski definition) is 0. The predicted molar refractivity (Wildman–Crippen MR) is 220 cm³/mol. The Hall–Kier alpha value is -6.44. The lowest BCUT2D eigenvalue weighted by Gasteiger charge is -2.21. The average molecular weight is 699 g/mol. The molecule has 0 fully saturated rings. The summed E-state index contributed by atoms with van der Waals surface area (Å²) in [6.45, 7) is 2.14. The van der Waals surface area contributed by atoms with Crippen LogP contribution in [0.3, 0.4) is 0 Å². The van der Waals surface area contributed by atoms with Crippen LogP contribution in [-0.2, 0) is 6.42 Å². The van der Waals surface area contributed by atoms with E-state index in [2.05, 4.69) is 150 Å². The van der Waals surface area contributed by atoms with E-state index in [-0.39, 0.29) is 0 Å². The van der Waals surface area contributed by atoms with Crippen molar-refractivity contribution in [1.29, 1.82) is 10.5 Å². The van der Waals surface area contributed by atoms with E-state index in [1.807, 2.05) is 28.7 Å². The number of thiophene rings is 2. The maximum atomic E-state index is 10.9. The van der Waals surface area contributed by atoms with Gasteiger partial charge in [0.2, 0.25) is 0 Å². The van der Waals surface area contributed by atoms with Crippen LogP contribution in [0.5, 0.6) is 0 Å². The summed E-state index contributed by atoms with van der Waals surface area (Å²) in [5, 5.41) is 31.4. The molecule has 0 aliphatic heterocycles. The van der Waals surface area contributed by atoms with Crippen LogP contribution in [0.4, 0.5) is 0 Å². The number of hydrogen-bond acceptors (Lipinski definition) is 4. The Morgan fingerprint density at radius 2 is 0.885 bits per heavy atom. The smallest absolute Gasteiger partial charge is 0.101 e. The molecule has 0 saturated carbocycles. The lowest BCUT2D eigenvalue weighted by molar-refractivity contribution is 1.01. The Kier molecular flexibility index (Phi) is 6.08. The molecule has 0 aliphatic rings. The zero-order valence-electron chi connectivity index (χ0n) is 27.9. The highest BCUT2D eigenvalue weighted by Gasteiger charge is 2.27. The minimum atomic E-state index is 0.488. The largest absolute Gasteiger partial charge is 0.308 e. The van der Waals surface area contributed by atoms with Crippen LogP contribution in [0.15, 0.2) is 127 Å². The topological polar surface area (TPSA) is 57.4 Å². The van der Waals surface area contributed by atoms with Crippen LogP contribution in [0.2, 0.25) is 0 Å². The van der Waals surface area contributed by atoms with Gasteiger partial charge in [0.15, 0.2) is 0 Å². The van der Waals surface area contributed by atoms with Crippen molar-refractivity contribution < 1.29 is 0 Å². The third kappa shape index (κ3) is 3.72. The second kappa shape index (κ2) is 10.8. The van der Waals surface area contributed by atoms with E-state index < -0.39 is 0 Å². The first-order valence-electron chi connectivity index (χ1n) is 17.4. The summed E-state index contributed by atoms with van der Waals surface area (Å²) in [6.07, 6.45) is 0.615. The first-order chi connectivity index (χ1) is 25.7. The quantitative estimate of drug-likeness (QED) is 0.184. The summed E-state index contributed by atoms with van der Waals surface area (Å²) < 4.78 is 9.58. The van der Waals surface area contributed by atoms with E-state index in [0.29, 0.717) is 17.5 Å². The van der Waals surface area contributed by atoms with Crippen LogP contribution in [0.1, 0.15) is 23.6 Å². The molecular weight excluding hydrogens is 673 g/mol. The molecule has 0 aliphatic carbocycles. The standard InChI is InChI=1S/C46H26N4S2/c1-2-28-45(49-33-15-7-3-11-29(33)41-35(49)19-21-39-43(41)31-13-5-9-17-37(31)51-39)26(24-47)23-27(25-48)46(28)50-34-16-8-4-12-30(34)42-36(50)20-22-40-44(42)32-14-6-10-18-38(32)52-40/h3-23H,2H2,1H3. The van der Waals surface area contributed by atoms with Gasteiger partial charge < -0.3 is 9.13 Å². The van der Waals surface area contributed by atoms with Crippen LogP contribution in [-0.4, -0.2) is 9.13 Å². The second-order valence-corrected chi connectivity index (χ2v) is 15.5. The fourth-order valence-electron chi connectivity index (χ4n) is 8.77. The second-order valence-electron chi connectivity index (χ2n) is 13.3. The van der Waals surface area contributed by atoms with Gasteiger partial charge in [-0.25, -0.2) is 0 Å². The zero-order valence-corrected chi connectivity index (χ0v) is 29.6. The SMILES string of the molecule is CCc1c(-n2c3ccccc3c3c4c(ccc32)sc2ccccc24)c(C#N)cc(C#N)c1-n1c2ccccc2c2c3c(ccc21)sc1ccccc13. The molecule has 4 heterocycles. The van der Waals surface area contributed by atoms with Crippen molar-refractivity contribution in [3.63, 3.8) is 0 Å². The van der Waals surface area contributed by atoms with E-state index >= 15 is 0 Å². The molecule has 4 aromatic heterocycles. The van der Waals surface area contributed by atoms with Gasteiger partial charge >= 0.3 is 0 Å². The number of nitrogens with zero attached hydrogens (tertiary/aromatic N) is 4. The highest BCUT2D eigenvalue weighted by Crippen LogP contribution is 2.47. The number of nitriles is 2. The van der Waals surface area contributed by atoms with E-state index in [0.717, 1.165) is 49.8 Å². The fourth-order valence-corrected chi connectivity index (χ4v) is 11.0. The number of rotatable bonds is 3. The molecule has 0 radical (unpaired) electrons. The minimum absolute atomic E-state index is 0.488. The number of para-hydroxylation sites is 2. The van der Waals surface area contributed by atoms with Gasteiger partial charge in [0.1, 0.15) is 12.1 Å². The van der Waals surface area contributed by atoms with Crippen LogP contribution < -0.4 is 0 Å². The Morgan fingerprint density at radius 3 is 1.33 bits per heavy atom. The highest BCUT2D eigenvalue weighted by molar-refractivity contribution is 7.26. The predicted octanol–water partition coefficient (Wildman–Crippen LogP) is 12.9. The van der Waals surface area contributed by atoms with E-state index in [1.54, 1.807) is 0 Å². The van der Waals surface area contributed by atoms with Gasteiger partial charge in [-0.3, -0.25) is 0 Å². The molecule has 0 spiro atoms. The third-order valence-electron chi connectivity index (χ3n) is 10.8. The van der Waals surface area contributed by atoms with Crippen molar-refractivity contribution in [1.82, 2.24) is 9.13 Å². The van der Waals surface area contributed by atoms with E-state index in [9.17, 15) is 10.5 Å². The highest BCUT2D eigenvalue weighted by atomic mass is 32.1. The first kappa shape index (κ1) is 29.3. The molecule has 11 aromatic rings. The molecule has 52 heavy (non-hydrogen) atoms. The zero-order chi connectivity index (χ0) is 34.7. The molecule has 0 saturated heterocycles. The van der Waals surface area contributed by atoms with Crippen LogP contribution in [0, 0.1) is 22.7 Å². The molecule has 0 amide bonds. The van der Waals surface area contributed by atoms with Gasteiger partial charge in [0, 0.05) is 67.5 Å². The van der Waals surface area contributed by atoms with E-state index in [4.69, 9.17) is 0 Å². The van der Waals surface area contributed by atoms with E-state index in [1.165, 1.54) is 51.1 Å². The molecular formula is C46H26N4S2. The molecule has 242 valence electrons. The normalized spacial score (nSPS) is 12.0. The van der Waals surface area contributed by atoms with Crippen molar-refractivity contribution >= 4 is 107 Å². The number of aromatic nitrogens is 2. The van der Waals surface area contributed by atoms with Gasteiger partial charge in [0.25, 0.3) is 0 Å². The van der Waals surface area contributed by atoms with Crippen molar-refractivity contribution in [3.05, 3.63) is 144 Å². The summed E-state index contributed by atoms with van der Waals surface area (Å²) in [5.74, 6) is 0. The van der Waals surface area contributed by atoms with Crippen molar-refractivity contribution in [2.75, 3.05) is 0 Å². The molecule has 0 bridgehead atoms. The van der Waals surface area contributed by atoms with Gasteiger partial charge in [-0.15, -0.1) is 22.7 Å². The van der Waals surface area contributed by atoms with Crippen LogP contribution in [0.25, 0.3) is 95.3 Å². The van der Waals surface area contributed by atoms with Gasteiger partial charge in [-0.05, 0) is 61.0 Å². The summed E-state index contributed by atoms with van der Waals surface area (Å²) in [5.41, 5.74) is 7.77. The summed E-state index contributed by atoms with van der Waals surface area (Å²) in [4.78, 5) is 0. The Balaban J connectivity index is 1.33. The molecule has 0 unspecified atom stereocenters. The molecule has 0 atom stereocenters. The van der Waals surface area contributed by atoms with Crippen molar-refractivity contribution in [3.8, 4) is 23.5 Å². The Morgan fingerprint density at radius 1 is 0.462 bits per heavy atom. The number of fused-ring (bicyclic) bond motifs is 14. The Bertz CT molecular complexity index is 3200. The van der Waals surface area contributed by atoms with Gasteiger partial charge in [-0.2, -0.15) is 10.5 Å². The molecule has 0 N–H and O–H groups in total. The maximum absolute atomic E-state index is 10.9. The monoisotopic (exact) mass is 698 g/mol. The van der Waals surface area contributed by atoms with Crippen molar-refractivity contribution in [2.45, 2.75) is 13.3 Å². The molecule has 7 aromatic carbocycles. The summed E-state index contributed by atoms with van der Waals surface area (Å²) >= 11 is 3.63. The molecule has 6 heteroatoms. The average Bonchev–Trinajstić information content (AvgIpc) is 3.94. The fraction of sp³-hybridized carbons (Fsp3) is 0.0435. The third-order valence-corrected chi connectivity index (χ3v) is 13.0. The molecule has 11 rings (SSSR count). The summed E-state index contributed by atoms with van der Waals surface area (Å²) in [6, 6.07) is 50.1. The Labute approximate surface area is 305 Å². The van der Waals surface area contributed by atoms with Gasteiger partial charge in [0.05, 0.1) is 44.6 Å². The lowest BCUT2D eigenvalue weighted by Crippen LogP contribution is -2.10. The maximum Gasteiger partial charge on any atom is 0.101 e. The minimum Gasteiger partial charge on any atom is -0.308 e. The lowest BCUT2D eigenvalue weighted by atomic mass is 9.97. The number of benzene rings is 7. The van der Waals surface area contributed by atoms with Crippen LogP contribution >= 0.6 is 22.7 Å². The molecule has 4 nitrogen and oxygen atoms in total. The van der Waals surface area contributed by atoms with Gasteiger partial charge in [-0.1, -0.05) is 79.7 Å². The van der Waals surface area contributed by atoms with Crippen molar-refractivity contribution in [2.24, 2.45) is 0 Å². The first-order valence-corrected chi connectivity index (χ1v) is 19.0.